The maximum Gasteiger partial charge on any atom is 0.260 e. The van der Waals surface area contributed by atoms with Crippen molar-refractivity contribution in [1.82, 2.24) is 4.90 Å². The van der Waals surface area contributed by atoms with Crippen molar-refractivity contribution in [1.29, 1.82) is 0 Å². The fourth-order valence-corrected chi connectivity index (χ4v) is 3.80. The molecule has 0 bridgehead atoms. The van der Waals surface area contributed by atoms with E-state index in [1.807, 2.05) is 50.2 Å². The molecule has 1 aliphatic heterocycles. The molecule has 0 spiro atoms. The van der Waals surface area contributed by atoms with Gasteiger partial charge in [-0.1, -0.05) is 17.8 Å². The number of hydrogen-bond acceptors (Lipinski definition) is 5. The van der Waals surface area contributed by atoms with Gasteiger partial charge < -0.3 is 9.47 Å². The van der Waals surface area contributed by atoms with Crippen LogP contribution in [0.5, 0.6) is 11.5 Å². The zero-order chi connectivity index (χ0) is 18.5. The van der Waals surface area contributed by atoms with Crippen LogP contribution >= 0.6 is 11.8 Å². The molecule has 1 heterocycles. The summed E-state index contributed by atoms with van der Waals surface area (Å²) in [5, 5.41) is 0.717. The molecule has 1 atom stereocenters. The van der Waals surface area contributed by atoms with Crippen LogP contribution < -0.4 is 9.47 Å². The van der Waals surface area contributed by atoms with Crippen molar-refractivity contribution in [2.75, 3.05) is 19.5 Å². The summed E-state index contributed by atoms with van der Waals surface area (Å²) in [6, 6.07) is 14.9. The molecule has 1 saturated heterocycles. The first-order valence-corrected chi connectivity index (χ1v) is 9.53. The molecule has 0 radical (unpaired) electrons. The first-order valence-electron chi connectivity index (χ1n) is 8.54. The van der Waals surface area contributed by atoms with E-state index >= 15 is 0 Å². The number of ether oxygens (including phenoxy) is 2. The zero-order valence-electron chi connectivity index (χ0n) is 15.1. The second-order valence-electron chi connectivity index (χ2n) is 5.89. The van der Waals surface area contributed by atoms with Crippen molar-refractivity contribution < 1.29 is 14.3 Å². The van der Waals surface area contributed by atoms with Gasteiger partial charge in [-0.2, -0.15) is 0 Å². The summed E-state index contributed by atoms with van der Waals surface area (Å²) in [6.07, 6.45) is 0. The van der Waals surface area contributed by atoms with Gasteiger partial charge in [0.1, 0.15) is 11.5 Å². The highest BCUT2D eigenvalue weighted by molar-refractivity contribution is 8.14. The summed E-state index contributed by atoms with van der Waals surface area (Å²) >= 11 is 1.59. The molecule has 0 unspecified atom stereocenters. The van der Waals surface area contributed by atoms with Crippen molar-refractivity contribution in [2.24, 2.45) is 4.99 Å². The number of methoxy groups -OCH3 is 1. The maximum absolute atomic E-state index is 13.0. The van der Waals surface area contributed by atoms with Gasteiger partial charge in [-0.15, -0.1) is 0 Å². The van der Waals surface area contributed by atoms with Crippen LogP contribution in [-0.4, -0.2) is 41.5 Å². The van der Waals surface area contributed by atoms with Gasteiger partial charge in [0.2, 0.25) is 0 Å². The molecule has 0 N–H and O–H groups in total. The average molecular weight is 370 g/mol. The number of aliphatic imine (C=N–C) groups is 1. The molecule has 1 aliphatic rings. The average Bonchev–Trinajstić information content (AvgIpc) is 3.03. The summed E-state index contributed by atoms with van der Waals surface area (Å²) in [6.45, 7) is 4.61. The Morgan fingerprint density at radius 3 is 2.69 bits per heavy atom. The molecular formula is C20H22N2O3S. The summed E-state index contributed by atoms with van der Waals surface area (Å²) in [4.78, 5) is 19.5. The third-order valence-corrected chi connectivity index (χ3v) is 5.20. The number of benzene rings is 2. The Kier molecular flexibility index (Phi) is 5.83. The standard InChI is InChI=1S/C20H22N2O3S/c1-4-25-17-10-8-16(9-11-17)21-20-22(14(2)13-26-20)19(23)15-6-5-7-18(12-15)24-3/h5-12,14H,4,13H2,1-3H3/t14-/m0/s1. The Balaban J connectivity index is 1.85. The van der Waals surface area contributed by atoms with Crippen molar-refractivity contribution in [2.45, 2.75) is 19.9 Å². The van der Waals surface area contributed by atoms with Crippen LogP contribution in [0.4, 0.5) is 5.69 Å². The molecule has 1 amide bonds. The van der Waals surface area contributed by atoms with E-state index in [4.69, 9.17) is 9.47 Å². The lowest BCUT2D eigenvalue weighted by atomic mass is 10.1. The molecule has 26 heavy (non-hydrogen) atoms. The van der Waals surface area contributed by atoms with Crippen LogP contribution in [0.1, 0.15) is 24.2 Å². The molecular weight excluding hydrogens is 348 g/mol. The molecule has 6 heteroatoms. The number of hydrogen-bond donors (Lipinski definition) is 0. The molecule has 0 saturated carbocycles. The minimum atomic E-state index is -0.0638. The third-order valence-electron chi connectivity index (χ3n) is 4.01. The van der Waals surface area contributed by atoms with E-state index in [-0.39, 0.29) is 11.9 Å². The molecule has 0 aromatic heterocycles. The van der Waals surface area contributed by atoms with E-state index in [2.05, 4.69) is 4.99 Å². The Bertz CT molecular complexity index is 805. The van der Waals surface area contributed by atoms with Crippen LogP contribution in [0.15, 0.2) is 53.5 Å². The fourth-order valence-electron chi connectivity index (χ4n) is 2.69. The summed E-state index contributed by atoms with van der Waals surface area (Å²) in [5.41, 5.74) is 1.39. The Hall–Kier alpha value is -2.47. The van der Waals surface area contributed by atoms with Crippen molar-refractivity contribution in [3.63, 3.8) is 0 Å². The predicted octanol–water partition coefficient (Wildman–Crippen LogP) is 4.36. The highest BCUT2D eigenvalue weighted by atomic mass is 32.2. The fraction of sp³-hybridized carbons (Fsp3) is 0.300. The van der Waals surface area contributed by atoms with E-state index < -0.39 is 0 Å². The Morgan fingerprint density at radius 1 is 1.23 bits per heavy atom. The minimum absolute atomic E-state index is 0.0638. The lowest BCUT2D eigenvalue weighted by Crippen LogP contribution is -2.37. The van der Waals surface area contributed by atoms with Gasteiger partial charge in [0.05, 0.1) is 19.4 Å². The van der Waals surface area contributed by atoms with E-state index in [1.54, 1.807) is 35.9 Å². The largest absolute Gasteiger partial charge is 0.497 e. The first-order chi connectivity index (χ1) is 12.6. The van der Waals surface area contributed by atoms with Crippen molar-refractivity contribution >= 4 is 28.5 Å². The summed E-state index contributed by atoms with van der Waals surface area (Å²) in [5.74, 6) is 2.24. The van der Waals surface area contributed by atoms with E-state index in [0.717, 1.165) is 22.4 Å². The van der Waals surface area contributed by atoms with Gasteiger partial charge >= 0.3 is 0 Å². The van der Waals surface area contributed by atoms with Crippen LogP contribution in [0.25, 0.3) is 0 Å². The highest BCUT2D eigenvalue weighted by Gasteiger charge is 2.33. The monoisotopic (exact) mass is 370 g/mol. The molecule has 136 valence electrons. The molecule has 3 rings (SSSR count). The molecule has 1 fully saturated rings. The first kappa shape index (κ1) is 18.3. The third kappa shape index (κ3) is 4.02. The molecule has 0 aliphatic carbocycles. The van der Waals surface area contributed by atoms with Gasteiger partial charge in [0.15, 0.2) is 5.17 Å². The normalized spacial score (nSPS) is 18.2. The quantitative estimate of drug-likeness (QED) is 0.785. The minimum Gasteiger partial charge on any atom is -0.497 e. The lowest BCUT2D eigenvalue weighted by molar-refractivity contribution is 0.0828. The van der Waals surface area contributed by atoms with Gasteiger partial charge in [-0.3, -0.25) is 9.69 Å². The van der Waals surface area contributed by atoms with Crippen molar-refractivity contribution in [3.05, 3.63) is 54.1 Å². The summed E-state index contributed by atoms with van der Waals surface area (Å²) in [7, 11) is 1.59. The number of carbonyl (C=O) groups excluding carboxylic acids is 1. The molecule has 2 aromatic rings. The van der Waals surface area contributed by atoms with Crippen LogP contribution in [-0.2, 0) is 0 Å². The van der Waals surface area contributed by atoms with E-state index in [9.17, 15) is 4.79 Å². The molecule has 5 nitrogen and oxygen atoms in total. The van der Waals surface area contributed by atoms with Gasteiger partial charge in [-0.05, 0) is 56.3 Å². The number of carbonyl (C=O) groups is 1. The van der Waals surface area contributed by atoms with Crippen LogP contribution in [0.2, 0.25) is 0 Å². The molecule has 2 aromatic carbocycles. The van der Waals surface area contributed by atoms with Gasteiger partial charge in [0, 0.05) is 17.4 Å². The SMILES string of the molecule is CCOc1ccc(N=C2SC[C@H](C)N2C(=O)c2cccc(OC)c2)cc1. The lowest BCUT2D eigenvalue weighted by Gasteiger charge is -2.21. The highest BCUT2D eigenvalue weighted by Crippen LogP contribution is 2.29. The number of rotatable bonds is 5. The van der Waals surface area contributed by atoms with E-state index in [0.29, 0.717) is 17.9 Å². The summed E-state index contributed by atoms with van der Waals surface area (Å²) < 4.78 is 10.7. The maximum atomic E-state index is 13.0. The van der Waals surface area contributed by atoms with E-state index in [1.165, 1.54) is 0 Å². The van der Waals surface area contributed by atoms with Crippen LogP contribution in [0.3, 0.4) is 0 Å². The number of thioether (sulfide) groups is 1. The van der Waals surface area contributed by atoms with Crippen molar-refractivity contribution in [3.8, 4) is 11.5 Å². The second-order valence-corrected chi connectivity index (χ2v) is 6.88. The smallest absolute Gasteiger partial charge is 0.260 e. The van der Waals surface area contributed by atoms with Gasteiger partial charge in [0.25, 0.3) is 5.91 Å². The van der Waals surface area contributed by atoms with Crippen LogP contribution in [0, 0.1) is 0 Å². The number of nitrogens with zero attached hydrogens (tertiary/aromatic N) is 2. The number of amides is 1. The Labute approximate surface area is 158 Å². The zero-order valence-corrected chi connectivity index (χ0v) is 16.0. The Morgan fingerprint density at radius 2 is 2.00 bits per heavy atom. The predicted molar refractivity (Wildman–Crippen MR) is 106 cm³/mol. The topological polar surface area (TPSA) is 51.1 Å². The second kappa shape index (κ2) is 8.27. The number of amidine groups is 1. The van der Waals surface area contributed by atoms with Gasteiger partial charge in [-0.25, -0.2) is 4.99 Å².